The predicted octanol–water partition coefficient (Wildman–Crippen LogP) is 5.19. The summed E-state index contributed by atoms with van der Waals surface area (Å²) < 4.78 is 7.65. The Morgan fingerprint density at radius 1 is 1.13 bits per heavy atom. The first kappa shape index (κ1) is 19.2. The van der Waals surface area contributed by atoms with Gasteiger partial charge in [-0.15, -0.1) is 0 Å². The van der Waals surface area contributed by atoms with E-state index in [2.05, 4.69) is 15.4 Å². The fraction of sp³-hybridized carbons (Fsp3) is 0.227. The average Bonchev–Trinajstić information content (AvgIpc) is 3.20. The molecule has 5 rings (SSSR count). The van der Waals surface area contributed by atoms with Gasteiger partial charge in [-0.3, -0.25) is 4.79 Å². The number of hydrogen-bond acceptors (Lipinski definition) is 5. The van der Waals surface area contributed by atoms with Gasteiger partial charge in [0, 0.05) is 33.3 Å². The van der Waals surface area contributed by atoms with Crippen molar-refractivity contribution in [1.29, 1.82) is 0 Å². The molecule has 0 bridgehead atoms. The number of carbonyl (C=O) groups is 1. The van der Waals surface area contributed by atoms with Crippen molar-refractivity contribution in [2.45, 2.75) is 31.9 Å². The van der Waals surface area contributed by atoms with E-state index in [9.17, 15) is 4.79 Å². The molecule has 1 atom stereocenters. The largest absolute Gasteiger partial charge is 0.489 e. The number of hydrogen-bond donors (Lipinski definition) is 1. The van der Waals surface area contributed by atoms with Gasteiger partial charge < -0.3 is 10.1 Å². The van der Waals surface area contributed by atoms with Crippen molar-refractivity contribution in [2.75, 3.05) is 5.32 Å². The second-order valence-electron chi connectivity index (χ2n) is 7.32. The summed E-state index contributed by atoms with van der Waals surface area (Å²) in [6.07, 6.45) is 3.76. The summed E-state index contributed by atoms with van der Waals surface area (Å²) in [5.41, 5.74) is 3.55. The van der Waals surface area contributed by atoms with Crippen LogP contribution in [0, 0.1) is 0 Å². The molecule has 0 saturated carbocycles. The van der Waals surface area contributed by atoms with E-state index in [1.54, 1.807) is 16.8 Å². The lowest BCUT2D eigenvalue weighted by Gasteiger charge is -2.32. The number of benzene rings is 2. The molecule has 2 aromatic carbocycles. The number of aromatic nitrogens is 3. The van der Waals surface area contributed by atoms with E-state index in [1.807, 2.05) is 30.3 Å². The summed E-state index contributed by atoms with van der Waals surface area (Å²) in [7, 11) is 0. The monoisotopic (exact) mass is 440 g/mol. The van der Waals surface area contributed by atoms with Crippen molar-refractivity contribution in [2.24, 2.45) is 0 Å². The molecule has 0 radical (unpaired) electrons. The van der Waals surface area contributed by atoms with Crippen LogP contribution in [0.15, 0.2) is 60.1 Å². The molecule has 0 amide bonds. The number of nitrogens with zero attached hydrogens (tertiary/aromatic N) is 3. The van der Waals surface area contributed by atoms with Crippen molar-refractivity contribution in [1.82, 2.24) is 14.8 Å². The van der Waals surface area contributed by atoms with Gasteiger partial charge >= 0.3 is 0 Å². The lowest BCUT2D eigenvalue weighted by atomic mass is 9.85. The highest BCUT2D eigenvalue weighted by molar-refractivity contribution is 6.35. The van der Waals surface area contributed by atoms with Gasteiger partial charge in [-0.1, -0.05) is 41.4 Å². The quantitative estimate of drug-likeness (QED) is 0.604. The van der Waals surface area contributed by atoms with Crippen LogP contribution in [0.1, 0.15) is 36.4 Å². The Morgan fingerprint density at radius 2 is 1.97 bits per heavy atom. The van der Waals surface area contributed by atoms with E-state index in [1.165, 1.54) is 6.33 Å². The summed E-state index contributed by atoms with van der Waals surface area (Å²) in [4.78, 5) is 17.0. The maximum Gasteiger partial charge on any atom is 0.226 e. The van der Waals surface area contributed by atoms with Gasteiger partial charge in [0.2, 0.25) is 5.95 Å². The maximum atomic E-state index is 12.7. The molecule has 3 aromatic rings. The molecular weight excluding hydrogens is 423 g/mol. The summed E-state index contributed by atoms with van der Waals surface area (Å²) in [6.45, 7) is 0.337. The van der Waals surface area contributed by atoms with Crippen LogP contribution in [0.4, 0.5) is 5.95 Å². The minimum atomic E-state index is -0.286. The van der Waals surface area contributed by atoms with Gasteiger partial charge in [0.25, 0.3) is 0 Å². The third-order valence-corrected chi connectivity index (χ3v) is 6.00. The molecule has 6 nitrogen and oxygen atoms in total. The van der Waals surface area contributed by atoms with Crippen LogP contribution in [0.2, 0.25) is 10.0 Å². The number of Topliss-reactive ketones (excluding diaryl/α,β-unsaturated/α-hetero) is 1. The molecule has 1 aliphatic heterocycles. The third kappa shape index (κ3) is 3.46. The second-order valence-corrected chi connectivity index (χ2v) is 8.16. The molecule has 1 aliphatic carbocycles. The number of fused-ring (bicyclic) bond motifs is 1. The first-order valence-corrected chi connectivity index (χ1v) is 10.5. The minimum Gasteiger partial charge on any atom is -0.489 e. The SMILES string of the molecule is O=C1CCCC2=C1C(c1ccc(OCc3ccc(Cl)cc3Cl)cc1)n1ncnc1N2. The molecule has 0 saturated heterocycles. The fourth-order valence-corrected chi connectivity index (χ4v) is 4.41. The molecule has 0 spiro atoms. The second kappa shape index (κ2) is 7.78. The molecule has 0 fully saturated rings. The maximum absolute atomic E-state index is 12.7. The van der Waals surface area contributed by atoms with Crippen molar-refractivity contribution < 1.29 is 9.53 Å². The van der Waals surface area contributed by atoms with Gasteiger partial charge in [-0.2, -0.15) is 10.1 Å². The number of rotatable bonds is 4. The lowest BCUT2D eigenvalue weighted by Crippen LogP contribution is -2.31. The zero-order chi connectivity index (χ0) is 20.7. The summed E-state index contributed by atoms with van der Waals surface area (Å²) in [5, 5.41) is 8.79. The third-order valence-electron chi connectivity index (χ3n) is 5.42. The number of allylic oxidation sites excluding steroid dienone is 2. The van der Waals surface area contributed by atoms with Crippen LogP contribution in [-0.4, -0.2) is 20.5 Å². The number of nitrogens with one attached hydrogen (secondary N) is 1. The Morgan fingerprint density at radius 3 is 2.77 bits per heavy atom. The van der Waals surface area contributed by atoms with Gasteiger partial charge in [-0.25, -0.2) is 4.68 Å². The first-order chi connectivity index (χ1) is 14.6. The van der Waals surface area contributed by atoms with E-state index < -0.39 is 0 Å². The first-order valence-electron chi connectivity index (χ1n) is 9.69. The number of ketones is 1. The highest BCUT2D eigenvalue weighted by Crippen LogP contribution is 2.39. The minimum absolute atomic E-state index is 0.160. The molecule has 1 N–H and O–H groups in total. The molecule has 2 heterocycles. The fourth-order valence-electron chi connectivity index (χ4n) is 3.95. The smallest absolute Gasteiger partial charge is 0.226 e. The molecule has 8 heteroatoms. The topological polar surface area (TPSA) is 69.0 Å². The zero-order valence-corrected chi connectivity index (χ0v) is 17.5. The Kier molecular flexibility index (Phi) is 4.97. The lowest BCUT2D eigenvalue weighted by molar-refractivity contribution is -0.116. The summed E-state index contributed by atoms with van der Waals surface area (Å²) in [6, 6.07) is 12.8. The van der Waals surface area contributed by atoms with E-state index >= 15 is 0 Å². The van der Waals surface area contributed by atoms with Gasteiger partial charge in [0.15, 0.2) is 5.78 Å². The average molecular weight is 441 g/mol. The van der Waals surface area contributed by atoms with Crippen molar-refractivity contribution >= 4 is 34.9 Å². The van der Waals surface area contributed by atoms with Crippen LogP contribution in [0.25, 0.3) is 0 Å². The van der Waals surface area contributed by atoms with Crippen LogP contribution >= 0.6 is 23.2 Å². The van der Waals surface area contributed by atoms with Crippen molar-refractivity contribution in [3.05, 3.63) is 81.2 Å². The number of ether oxygens (including phenoxy) is 1. The van der Waals surface area contributed by atoms with Crippen LogP contribution in [0.5, 0.6) is 5.75 Å². The Hall–Kier alpha value is -2.83. The molecule has 1 aromatic heterocycles. The standard InChI is InChI=1S/C22H18Cl2N4O2/c23-15-7-4-14(17(24)10-15)11-30-16-8-5-13(6-9-16)21-20-18(2-1-3-19(20)29)27-22-25-12-26-28(21)22/h4-10,12,21H,1-3,11H2,(H,25,26,27). The van der Waals surface area contributed by atoms with Gasteiger partial charge in [-0.05, 0) is 42.7 Å². The number of halogens is 2. The Bertz CT molecular complexity index is 1150. The van der Waals surface area contributed by atoms with E-state index in [0.717, 1.165) is 35.2 Å². The van der Waals surface area contributed by atoms with Crippen LogP contribution in [-0.2, 0) is 11.4 Å². The molecular formula is C22H18Cl2N4O2. The van der Waals surface area contributed by atoms with E-state index in [-0.39, 0.29) is 11.8 Å². The van der Waals surface area contributed by atoms with E-state index in [0.29, 0.717) is 34.8 Å². The molecule has 152 valence electrons. The van der Waals surface area contributed by atoms with Crippen LogP contribution in [0.3, 0.4) is 0 Å². The van der Waals surface area contributed by atoms with Crippen LogP contribution < -0.4 is 10.1 Å². The number of carbonyl (C=O) groups excluding carboxylic acids is 1. The zero-order valence-electron chi connectivity index (χ0n) is 15.9. The van der Waals surface area contributed by atoms with Gasteiger partial charge in [0.05, 0.1) is 0 Å². The Labute approximate surface area is 183 Å². The van der Waals surface area contributed by atoms with E-state index in [4.69, 9.17) is 27.9 Å². The molecule has 30 heavy (non-hydrogen) atoms. The van der Waals surface area contributed by atoms with Gasteiger partial charge in [0.1, 0.15) is 24.7 Å². The normalized spacial score (nSPS) is 17.9. The molecule has 1 unspecified atom stereocenters. The highest BCUT2D eigenvalue weighted by atomic mass is 35.5. The number of anilines is 1. The predicted molar refractivity (Wildman–Crippen MR) is 115 cm³/mol. The Balaban J connectivity index is 1.41. The summed E-state index contributed by atoms with van der Waals surface area (Å²) >= 11 is 12.2. The van der Waals surface area contributed by atoms with Crippen molar-refractivity contribution in [3.8, 4) is 5.75 Å². The van der Waals surface area contributed by atoms with Crippen molar-refractivity contribution in [3.63, 3.8) is 0 Å². The summed E-state index contributed by atoms with van der Waals surface area (Å²) in [5.74, 6) is 1.53. The molecule has 2 aliphatic rings. The highest BCUT2D eigenvalue weighted by Gasteiger charge is 2.35.